The summed E-state index contributed by atoms with van der Waals surface area (Å²) in [4.78, 5) is 0. The van der Waals surface area contributed by atoms with Crippen LogP contribution in [0.15, 0.2) is 0 Å². The SMILES string of the molecule is CCCNS(=O)(=O)NCC1(C)CCCN1. The highest BCUT2D eigenvalue weighted by Crippen LogP contribution is 2.17. The van der Waals surface area contributed by atoms with Gasteiger partial charge in [-0.2, -0.15) is 8.42 Å². The Morgan fingerprint density at radius 2 is 2.13 bits per heavy atom. The van der Waals surface area contributed by atoms with Crippen LogP contribution in [0.4, 0.5) is 0 Å². The second-order valence-electron chi connectivity index (χ2n) is 4.31. The molecule has 0 saturated carbocycles. The van der Waals surface area contributed by atoms with Crippen molar-refractivity contribution in [1.82, 2.24) is 14.8 Å². The van der Waals surface area contributed by atoms with Crippen molar-refractivity contribution in [2.24, 2.45) is 0 Å². The van der Waals surface area contributed by atoms with Crippen LogP contribution in [0, 0.1) is 0 Å². The summed E-state index contributed by atoms with van der Waals surface area (Å²) < 4.78 is 27.9. The molecule has 1 unspecified atom stereocenters. The van der Waals surface area contributed by atoms with E-state index in [1.165, 1.54) is 0 Å². The van der Waals surface area contributed by atoms with E-state index in [9.17, 15) is 8.42 Å². The zero-order chi connectivity index (χ0) is 11.4. The lowest BCUT2D eigenvalue weighted by Crippen LogP contribution is -2.49. The Labute approximate surface area is 92.2 Å². The highest BCUT2D eigenvalue weighted by molar-refractivity contribution is 7.87. The summed E-state index contributed by atoms with van der Waals surface area (Å²) in [6, 6.07) is 0. The van der Waals surface area contributed by atoms with E-state index >= 15 is 0 Å². The summed E-state index contributed by atoms with van der Waals surface area (Å²) in [5.74, 6) is 0. The van der Waals surface area contributed by atoms with Crippen LogP contribution in [0.2, 0.25) is 0 Å². The van der Waals surface area contributed by atoms with Gasteiger partial charge in [0.1, 0.15) is 0 Å². The molecule has 0 radical (unpaired) electrons. The van der Waals surface area contributed by atoms with Gasteiger partial charge in [-0.25, -0.2) is 9.44 Å². The molecule has 0 aromatic rings. The predicted molar refractivity (Wildman–Crippen MR) is 60.9 cm³/mol. The van der Waals surface area contributed by atoms with Gasteiger partial charge in [0, 0.05) is 18.6 Å². The van der Waals surface area contributed by atoms with Gasteiger partial charge in [-0.15, -0.1) is 0 Å². The molecule has 3 N–H and O–H groups in total. The maximum atomic E-state index is 11.4. The fourth-order valence-corrected chi connectivity index (χ4v) is 2.73. The summed E-state index contributed by atoms with van der Waals surface area (Å²) >= 11 is 0. The maximum Gasteiger partial charge on any atom is 0.276 e. The van der Waals surface area contributed by atoms with Crippen LogP contribution in [0.3, 0.4) is 0 Å². The third-order valence-corrected chi connectivity index (χ3v) is 3.76. The van der Waals surface area contributed by atoms with E-state index in [2.05, 4.69) is 14.8 Å². The van der Waals surface area contributed by atoms with Crippen LogP contribution in [0.25, 0.3) is 0 Å². The van der Waals surface area contributed by atoms with Crippen LogP contribution < -0.4 is 14.8 Å². The second kappa shape index (κ2) is 5.25. The van der Waals surface area contributed by atoms with Crippen LogP contribution in [0.1, 0.15) is 33.1 Å². The minimum atomic E-state index is -3.31. The summed E-state index contributed by atoms with van der Waals surface area (Å²) in [6.45, 7) is 5.89. The first-order valence-corrected chi connectivity index (χ1v) is 6.95. The van der Waals surface area contributed by atoms with Crippen molar-refractivity contribution >= 4 is 10.2 Å². The van der Waals surface area contributed by atoms with Gasteiger partial charge in [0.2, 0.25) is 0 Å². The summed E-state index contributed by atoms with van der Waals surface area (Å²) in [6.07, 6.45) is 2.93. The molecule has 6 heteroatoms. The van der Waals surface area contributed by atoms with Crippen LogP contribution >= 0.6 is 0 Å². The molecule has 0 bridgehead atoms. The summed E-state index contributed by atoms with van der Waals surface area (Å²) in [7, 11) is -3.31. The predicted octanol–water partition coefficient (Wildman–Crippen LogP) is -0.0375. The van der Waals surface area contributed by atoms with E-state index in [-0.39, 0.29) is 5.54 Å². The van der Waals surface area contributed by atoms with Crippen molar-refractivity contribution in [1.29, 1.82) is 0 Å². The Morgan fingerprint density at radius 1 is 1.40 bits per heavy atom. The molecular formula is C9H21N3O2S. The summed E-state index contributed by atoms with van der Waals surface area (Å²) in [5.41, 5.74) is -0.0824. The standard InChI is InChI=1S/C9H21N3O2S/c1-3-6-11-15(13,14)12-8-9(2)5-4-7-10-9/h10-12H,3-8H2,1-2H3. The molecule has 5 nitrogen and oxygen atoms in total. The van der Waals surface area contributed by atoms with Crippen molar-refractivity contribution in [3.05, 3.63) is 0 Å². The van der Waals surface area contributed by atoms with Gasteiger partial charge in [-0.05, 0) is 32.7 Å². The lowest BCUT2D eigenvalue weighted by molar-refractivity contribution is 0.408. The van der Waals surface area contributed by atoms with Gasteiger partial charge in [-0.3, -0.25) is 0 Å². The average Bonchev–Trinajstić information content (AvgIpc) is 2.61. The van der Waals surface area contributed by atoms with Crippen molar-refractivity contribution in [2.75, 3.05) is 19.6 Å². The minimum Gasteiger partial charge on any atom is -0.310 e. The van der Waals surface area contributed by atoms with Crippen molar-refractivity contribution in [2.45, 2.75) is 38.6 Å². The molecule has 1 aliphatic rings. The van der Waals surface area contributed by atoms with Gasteiger partial charge in [0.05, 0.1) is 0 Å². The van der Waals surface area contributed by atoms with Crippen LogP contribution in [-0.4, -0.2) is 33.6 Å². The molecule has 1 heterocycles. The largest absolute Gasteiger partial charge is 0.310 e. The molecule has 0 aromatic carbocycles. The fourth-order valence-electron chi connectivity index (χ4n) is 1.65. The Bertz CT molecular complexity index is 284. The number of hydrogen-bond donors (Lipinski definition) is 3. The quantitative estimate of drug-likeness (QED) is 0.605. The van der Waals surface area contributed by atoms with Crippen molar-refractivity contribution < 1.29 is 8.42 Å². The van der Waals surface area contributed by atoms with Gasteiger partial charge >= 0.3 is 0 Å². The minimum absolute atomic E-state index is 0.0824. The highest BCUT2D eigenvalue weighted by atomic mass is 32.2. The molecule has 1 saturated heterocycles. The molecule has 1 rings (SSSR count). The zero-order valence-corrected chi connectivity index (χ0v) is 10.3. The molecular weight excluding hydrogens is 214 g/mol. The molecule has 1 atom stereocenters. The smallest absolute Gasteiger partial charge is 0.276 e. The second-order valence-corrected chi connectivity index (χ2v) is 5.89. The number of hydrogen-bond acceptors (Lipinski definition) is 3. The number of rotatable bonds is 6. The Morgan fingerprint density at radius 3 is 2.67 bits per heavy atom. The average molecular weight is 235 g/mol. The van der Waals surface area contributed by atoms with Gasteiger partial charge in [0.15, 0.2) is 0 Å². The normalized spacial score (nSPS) is 27.1. The Kier molecular flexibility index (Phi) is 4.51. The molecule has 90 valence electrons. The molecule has 0 aromatic heterocycles. The first-order chi connectivity index (χ1) is 6.97. The molecule has 0 spiro atoms. The third kappa shape index (κ3) is 4.46. The van der Waals surface area contributed by atoms with Gasteiger partial charge in [0.25, 0.3) is 10.2 Å². The van der Waals surface area contributed by atoms with E-state index < -0.39 is 10.2 Å². The van der Waals surface area contributed by atoms with Crippen molar-refractivity contribution in [3.8, 4) is 0 Å². The van der Waals surface area contributed by atoms with Crippen molar-refractivity contribution in [3.63, 3.8) is 0 Å². The highest BCUT2D eigenvalue weighted by Gasteiger charge is 2.29. The van der Waals surface area contributed by atoms with E-state index in [4.69, 9.17) is 0 Å². The maximum absolute atomic E-state index is 11.4. The monoisotopic (exact) mass is 235 g/mol. The first kappa shape index (κ1) is 12.9. The Balaban J connectivity index is 2.35. The van der Waals surface area contributed by atoms with Crippen LogP contribution in [0.5, 0.6) is 0 Å². The lowest BCUT2D eigenvalue weighted by atomic mass is 10.0. The molecule has 0 amide bonds. The van der Waals surface area contributed by atoms with Gasteiger partial charge < -0.3 is 5.32 Å². The number of nitrogens with one attached hydrogen (secondary N) is 3. The molecule has 1 fully saturated rings. The fraction of sp³-hybridized carbons (Fsp3) is 1.00. The molecule has 15 heavy (non-hydrogen) atoms. The lowest BCUT2D eigenvalue weighted by Gasteiger charge is -2.24. The topological polar surface area (TPSA) is 70.2 Å². The summed E-state index contributed by atoms with van der Waals surface area (Å²) in [5, 5.41) is 3.31. The van der Waals surface area contributed by atoms with E-state index in [1.807, 2.05) is 13.8 Å². The first-order valence-electron chi connectivity index (χ1n) is 5.47. The zero-order valence-electron chi connectivity index (χ0n) is 9.47. The molecule has 1 aliphatic heterocycles. The Hall–Kier alpha value is -0.170. The van der Waals surface area contributed by atoms with Crippen LogP contribution in [-0.2, 0) is 10.2 Å². The van der Waals surface area contributed by atoms with E-state index in [0.717, 1.165) is 25.8 Å². The van der Waals surface area contributed by atoms with E-state index in [0.29, 0.717) is 13.1 Å². The van der Waals surface area contributed by atoms with E-state index in [1.54, 1.807) is 0 Å². The third-order valence-electron chi connectivity index (χ3n) is 2.65. The molecule has 0 aliphatic carbocycles. The van der Waals surface area contributed by atoms with Gasteiger partial charge in [-0.1, -0.05) is 6.92 Å².